The van der Waals surface area contributed by atoms with Crippen molar-refractivity contribution in [3.05, 3.63) is 59.9 Å². The Morgan fingerprint density at radius 1 is 1.22 bits per heavy atom. The lowest BCUT2D eigenvalue weighted by atomic mass is 10.1. The number of urea groups is 1. The maximum absolute atomic E-state index is 12.5. The fraction of sp³-hybridized carbons (Fsp3) is 0.238. The second kappa shape index (κ2) is 7.53. The molecule has 0 atom stereocenters. The van der Waals surface area contributed by atoms with Crippen LogP contribution in [-0.2, 0) is 12.8 Å². The third kappa shape index (κ3) is 3.65. The Bertz CT molecular complexity index is 1010. The lowest BCUT2D eigenvalue weighted by Crippen LogP contribution is -2.31. The standard InChI is InChI=1S/C21H21N5O/c1-26(19-8-2-7-18-17(19)6-4-12-22-18)21(27)24-14-11-16-10-9-15-5-3-13-23-20(15)25-16/h2,4,6-10,12H,1,3,5,11,13-14H2,(H-,23,24,25,27)/p+1. The maximum atomic E-state index is 12.5. The number of benzene rings is 1. The summed E-state index contributed by atoms with van der Waals surface area (Å²) in [7, 11) is 0. The van der Waals surface area contributed by atoms with Crippen molar-refractivity contribution in [2.24, 2.45) is 0 Å². The molecule has 2 aromatic heterocycles. The number of rotatable bonds is 4. The molecule has 6 nitrogen and oxygen atoms in total. The number of nitrogens with one attached hydrogen (secondary N) is 2. The number of aryl methyl sites for hydroxylation is 1. The number of pyridine rings is 2. The van der Waals surface area contributed by atoms with Crippen molar-refractivity contribution in [2.45, 2.75) is 19.3 Å². The number of anilines is 1. The van der Waals surface area contributed by atoms with Crippen LogP contribution in [0.1, 0.15) is 17.7 Å². The SMILES string of the molecule is C=[N+](C(=O)NCCc1ccc2c(n1)NCCC2)c1cccc2ncccc12. The van der Waals surface area contributed by atoms with E-state index in [1.165, 1.54) is 10.1 Å². The van der Waals surface area contributed by atoms with Gasteiger partial charge in [-0.25, -0.2) is 10.3 Å². The molecule has 3 aromatic rings. The molecule has 1 aliphatic heterocycles. The molecule has 1 aromatic carbocycles. The molecule has 2 amide bonds. The van der Waals surface area contributed by atoms with Gasteiger partial charge in [-0.05, 0) is 48.7 Å². The minimum Gasteiger partial charge on any atom is -0.370 e. The summed E-state index contributed by atoms with van der Waals surface area (Å²) in [6, 6.07) is 13.4. The smallest absolute Gasteiger partial charge is 0.370 e. The van der Waals surface area contributed by atoms with Gasteiger partial charge in [0.1, 0.15) is 11.5 Å². The van der Waals surface area contributed by atoms with Gasteiger partial charge in [0.15, 0.2) is 0 Å². The Morgan fingerprint density at radius 3 is 3.07 bits per heavy atom. The van der Waals surface area contributed by atoms with Crippen LogP contribution in [0.2, 0.25) is 0 Å². The first kappa shape index (κ1) is 17.1. The van der Waals surface area contributed by atoms with E-state index < -0.39 is 0 Å². The van der Waals surface area contributed by atoms with E-state index in [0.717, 1.165) is 47.5 Å². The van der Waals surface area contributed by atoms with Gasteiger partial charge in [-0.15, -0.1) is 0 Å². The molecule has 0 spiro atoms. The molecule has 4 rings (SSSR count). The lowest BCUT2D eigenvalue weighted by molar-refractivity contribution is -0.321. The van der Waals surface area contributed by atoms with Crippen LogP contribution in [0.25, 0.3) is 10.9 Å². The molecule has 0 saturated carbocycles. The van der Waals surface area contributed by atoms with Gasteiger partial charge in [-0.3, -0.25) is 4.98 Å². The number of hydrogen-bond acceptors (Lipinski definition) is 4. The molecule has 0 unspecified atom stereocenters. The van der Waals surface area contributed by atoms with Gasteiger partial charge in [0.25, 0.3) is 0 Å². The van der Waals surface area contributed by atoms with E-state index in [1.54, 1.807) is 6.20 Å². The predicted molar refractivity (Wildman–Crippen MR) is 107 cm³/mol. The van der Waals surface area contributed by atoms with E-state index in [-0.39, 0.29) is 6.03 Å². The summed E-state index contributed by atoms with van der Waals surface area (Å²) in [6.45, 7) is 5.38. The van der Waals surface area contributed by atoms with Gasteiger partial charge in [0.2, 0.25) is 0 Å². The second-order valence-electron chi connectivity index (χ2n) is 6.60. The average Bonchev–Trinajstić information content (AvgIpc) is 2.72. The van der Waals surface area contributed by atoms with Crippen LogP contribution in [0.4, 0.5) is 16.3 Å². The minimum atomic E-state index is -0.248. The predicted octanol–water partition coefficient (Wildman–Crippen LogP) is 3.28. The maximum Gasteiger partial charge on any atom is 0.495 e. The Kier molecular flexibility index (Phi) is 4.78. The molecule has 0 aliphatic carbocycles. The molecular formula is C21H22N5O+. The second-order valence-corrected chi connectivity index (χ2v) is 6.60. The van der Waals surface area contributed by atoms with Crippen molar-refractivity contribution in [1.29, 1.82) is 0 Å². The number of nitrogens with zero attached hydrogens (tertiary/aromatic N) is 3. The van der Waals surface area contributed by atoms with Crippen LogP contribution in [-0.4, -0.2) is 40.4 Å². The van der Waals surface area contributed by atoms with E-state index in [1.807, 2.05) is 36.4 Å². The number of amides is 2. The molecule has 1 aliphatic rings. The van der Waals surface area contributed by atoms with Crippen LogP contribution in [0.5, 0.6) is 0 Å². The molecule has 3 heterocycles. The highest BCUT2D eigenvalue weighted by molar-refractivity contribution is 5.90. The van der Waals surface area contributed by atoms with Crippen molar-refractivity contribution >= 4 is 35.2 Å². The topological polar surface area (TPSA) is 69.9 Å². The molecule has 0 bridgehead atoms. The first-order chi connectivity index (χ1) is 13.2. The molecular weight excluding hydrogens is 338 g/mol. The highest BCUT2D eigenvalue weighted by Gasteiger charge is 2.18. The van der Waals surface area contributed by atoms with Crippen molar-refractivity contribution < 1.29 is 9.37 Å². The zero-order valence-electron chi connectivity index (χ0n) is 15.1. The number of hydrogen-bond donors (Lipinski definition) is 2. The zero-order chi connectivity index (χ0) is 18.6. The van der Waals surface area contributed by atoms with Gasteiger partial charge >= 0.3 is 6.03 Å². The van der Waals surface area contributed by atoms with Gasteiger partial charge < -0.3 is 5.32 Å². The Morgan fingerprint density at radius 2 is 2.15 bits per heavy atom. The minimum absolute atomic E-state index is 0.248. The molecule has 136 valence electrons. The van der Waals surface area contributed by atoms with E-state index in [4.69, 9.17) is 0 Å². The first-order valence-electron chi connectivity index (χ1n) is 9.17. The molecule has 2 N–H and O–H groups in total. The summed E-state index contributed by atoms with van der Waals surface area (Å²) in [5, 5.41) is 7.15. The average molecular weight is 360 g/mol. The fourth-order valence-corrected chi connectivity index (χ4v) is 3.33. The molecule has 6 heteroatoms. The normalized spacial score (nSPS) is 12.9. The van der Waals surface area contributed by atoms with Crippen molar-refractivity contribution in [2.75, 3.05) is 18.4 Å². The Labute approximate surface area is 158 Å². The quantitative estimate of drug-likeness (QED) is 0.553. The van der Waals surface area contributed by atoms with Crippen LogP contribution in [0.3, 0.4) is 0 Å². The van der Waals surface area contributed by atoms with Gasteiger partial charge in [-0.1, -0.05) is 12.1 Å². The van der Waals surface area contributed by atoms with E-state index >= 15 is 0 Å². The van der Waals surface area contributed by atoms with Crippen LogP contribution < -0.4 is 10.6 Å². The van der Waals surface area contributed by atoms with Gasteiger partial charge in [-0.2, -0.15) is 9.37 Å². The van der Waals surface area contributed by atoms with Crippen LogP contribution in [0, 0.1) is 0 Å². The largest absolute Gasteiger partial charge is 0.495 e. The van der Waals surface area contributed by atoms with Crippen LogP contribution in [0.15, 0.2) is 48.7 Å². The lowest BCUT2D eigenvalue weighted by Gasteiger charge is -2.17. The summed E-state index contributed by atoms with van der Waals surface area (Å²) in [4.78, 5) is 21.5. The van der Waals surface area contributed by atoms with E-state index in [0.29, 0.717) is 13.0 Å². The summed E-state index contributed by atoms with van der Waals surface area (Å²) >= 11 is 0. The Hall–Kier alpha value is -3.28. The highest BCUT2D eigenvalue weighted by Crippen LogP contribution is 2.23. The van der Waals surface area contributed by atoms with Crippen molar-refractivity contribution in [1.82, 2.24) is 15.3 Å². The number of fused-ring (bicyclic) bond motifs is 2. The number of carbonyl (C=O) groups excluding carboxylic acids is 1. The summed E-state index contributed by atoms with van der Waals surface area (Å²) in [5.41, 5.74) is 3.80. The first-order valence-corrected chi connectivity index (χ1v) is 9.17. The summed E-state index contributed by atoms with van der Waals surface area (Å²) < 4.78 is 1.38. The molecule has 0 radical (unpaired) electrons. The summed E-state index contributed by atoms with van der Waals surface area (Å²) in [5.74, 6) is 0.979. The van der Waals surface area contributed by atoms with Crippen molar-refractivity contribution in [3.8, 4) is 0 Å². The molecule has 0 saturated heterocycles. The highest BCUT2D eigenvalue weighted by atomic mass is 16.2. The number of aromatic nitrogens is 2. The van der Waals surface area contributed by atoms with Crippen molar-refractivity contribution in [3.63, 3.8) is 0 Å². The van der Waals surface area contributed by atoms with E-state index in [2.05, 4.69) is 33.4 Å². The fourth-order valence-electron chi connectivity index (χ4n) is 3.33. The molecule has 0 fully saturated rings. The Balaban J connectivity index is 1.40. The monoisotopic (exact) mass is 360 g/mol. The molecule has 27 heavy (non-hydrogen) atoms. The van der Waals surface area contributed by atoms with E-state index in [9.17, 15) is 4.79 Å². The summed E-state index contributed by atoms with van der Waals surface area (Å²) in [6.07, 6.45) is 4.63. The third-order valence-electron chi connectivity index (χ3n) is 4.77. The van der Waals surface area contributed by atoms with Crippen LogP contribution >= 0.6 is 0 Å². The van der Waals surface area contributed by atoms with Gasteiger partial charge in [0.05, 0.1) is 18.8 Å². The zero-order valence-corrected chi connectivity index (χ0v) is 15.1. The van der Waals surface area contributed by atoms with Gasteiger partial charge in [0, 0.05) is 30.2 Å². The number of carbonyl (C=O) groups is 1. The third-order valence-corrected chi connectivity index (χ3v) is 4.77.